The van der Waals surface area contributed by atoms with Gasteiger partial charge in [0.2, 0.25) is 23.6 Å². The number of nitrogens with zero attached hydrogens (tertiary/aromatic N) is 4. The van der Waals surface area contributed by atoms with E-state index in [0.29, 0.717) is 23.6 Å². The highest BCUT2D eigenvalue weighted by Gasteiger charge is 2.18. The van der Waals surface area contributed by atoms with Crippen LogP contribution in [-0.4, -0.2) is 20.4 Å². The van der Waals surface area contributed by atoms with Gasteiger partial charge in [-0.3, -0.25) is 0 Å². The number of benzene rings is 5. The fourth-order valence-corrected chi connectivity index (χ4v) is 5.64. The van der Waals surface area contributed by atoms with Crippen LogP contribution in [0.15, 0.2) is 119 Å². The van der Waals surface area contributed by atoms with Gasteiger partial charge in [0, 0.05) is 22.3 Å². The molecule has 0 amide bonds. The van der Waals surface area contributed by atoms with Gasteiger partial charge in [-0.2, -0.15) is 0 Å². The summed E-state index contributed by atoms with van der Waals surface area (Å²) >= 11 is 0. The van der Waals surface area contributed by atoms with E-state index in [9.17, 15) is 0 Å². The average molecular weight is 573 g/mol. The number of hydrogen-bond acceptors (Lipinski definition) is 6. The summed E-state index contributed by atoms with van der Waals surface area (Å²) in [6.07, 6.45) is 3.58. The van der Waals surface area contributed by atoms with E-state index in [1.807, 2.05) is 61.5 Å². The van der Waals surface area contributed by atoms with Gasteiger partial charge < -0.3 is 8.83 Å². The molecule has 7 aromatic rings. The van der Waals surface area contributed by atoms with Gasteiger partial charge in [0.15, 0.2) is 0 Å². The van der Waals surface area contributed by atoms with Crippen molar-refractivity contribution in [1.82, 2.24) is 20.4 Å². The Bertz CT molecular complexity index is 2200. The molecule has 0 radical (unpaired) electrons. The summed E-state index contributed by atoms with van der Waals surface area (Å²) in [5.41, 5.74) is 9.63. The molecular weight excluding hydrogens is 544 g/mol. The van der Waals surface area contributed by atoms with Crippen LogP contribution in [0.1, 0.15) is 22.3 Å². The first kappa shape index (κ1) is 27.0. The minimum atomic E-state index is 0.443. The van der Waals surface area contributed by atoms with Crippen molar-refractivity contribution in [3.05, 3.63) is 132 Å². The minimum Gasteiger partial charge on any atom is -0.416 e. The summed E-state index contributed by atoms with van der Waals surface area (Å²) in [5.74, 6) is 1.91. The summed E-state index contributed by atoms with van der Waals surface area (Å²) in [6, 6.07) is 32.6. The van der Waals surface area contributed by atoms with Crippen molar-refractivity contribution in [2.75, 3.05) is 0 Å². The van der Waals surface area contributed by atoms with Crippen molar-refractivity contribution in [2.45, 2.75) is 13.8 Å². The number of hydrogen-bond donors (Lipinski definition) is 0. The van der Waals surface area contributed by atoms with Crippen LogP contribution in [0, 0.1) is 13.8 Å². The zero-order chi connectivity index (χ0) is 30.2. The van der Waals surface area contributed by atoms with E-state index in [4.69, 9.17) is 8.83 Å². The Morgan fingerprint density at radius 3 is 1.64 bits per heavy atom. The normalized spacial score (nSPS) is 11.1. The zero-order valence-electron chi connectivity index (χ0n) is 24.4. The van der Waals surface area contributed by atoms with Crippen molar-refractivity contribution in [1.29, 1.82) is 0 Å². The summed E-state index contributed by atoms with van der Waals surface area (Å²) < 4.78 is 12.3. The van der Waals surface area contributed by atoms with E-state index in [2.05, 4.69) is 82.9 Å². The lowest BCUT2D eigenvalue weighted by molar-refractivity contribution is 0.584. The monoisotopic (exact) mass is 572 g/mol. The molecule has 2 aromatic heterocycles. The maximum Gasteiger partial charge on any atom is 0.248 e. The lowest BCUT2D eigenvalue weighted by atomic mass is 9.96. The first-order chi connectivity index (χ1) is 21.5. The van der Waals surface area contributed by atoms with E-state index in [1.165, 1.54) is 0 Å². The molecule has 0 spiro atoms. The Labute approximate surface area is 255 Å². The van der Waals surface area contributed by atoms with Crippen LogP contribution in [0.5, 0.6) is 0 Å². The standard InChI is InChI=1S/C38H28N4O2/c1-5-25-12-9-15-33(29(25)6-2)37-41-39-35(43-37)30-19-17-27(21-23(30)3)28-18-20-31(24(4)22-28)36-40-42-38(44-36)34-16-10-13-26-11-7-8-14-32(26)34/h5-22H,1-2H2,3-4H3. The van der Waals surface area contributed by atoms with Gasteiger partial charge in [-0.1, -0.05) is 98.1 Å². The van der Waals surface area contributed by atoms with E-state index in [-0.39, 0.29) is 0 Å². The Morgan fingerprint density at radius 1 is 0.523 bits per heavy atom. The second kappa shape index (κ2) is 11.1. The highest BCUT2D eigenvalue weighted by atomic mass is 16.4. The molecule has 6 heteroatoms. The second-order valence-corrected chi connectivity index (χ2v) is 10.6. The van der Waals surface area contributed by atoms with Crippen LogP contribution in [0.4, 0.5) is 0 Å². The molecule has 0 bridgehead atoms. The molecule has 6 nitrogen and oxygen atoms in total. The van der Waals surface area contributed by atoms with Gasteiger partial charge in [-0.25, -0.2) is 0 Å². The smallest absolute Gasteiger partial charge is 0.248 e. The summed E-state index contributed by atoms with van der Waals surface area (Å²) in [6.45, 7) is 11.9. The topological polar surface area (TPSA) is 77.8 Å². The molecule has 0 aliphatic rings. The van der Waals surface area contributed by atoms with Crippen LogP contribution in [-0.2, 0) is 0 Å². The van der Waals surface area contributed by atoms with Crippen molar-refractivity contribution in [3.63, 3.8) is 0 Å². The van der Waals surface area contributed by atoms with Crippen molar-refractivity contribution >= 4 is 22.9 Å². The van der Waals surface area contributed by atoms with E-state index < -0.39 is 0 Å². The molecule has 0 unspecified atom stereocenters. The summed E-state index contributed by atoms with van der Waals surface area (Å²) in [7, 11) is 0. The molecule has 0 saturated heterocycles. The Morgan fingerprint density at radius 2 is 1.05 bits per heavy atom. The summed E-state index contributed by atoms with van der Waals surface area (Å²) in [5, 5.41) is 19.7. The zero-order valence-corrected chi connectivity index (χ0v) is 24.4. The maximum atomic E-state index is 6.18. The summed E-state index contributed by atoms with van der Waals surface area (Å²) in [4.78, 5) is 0. The van der Waals surface area contributed by atoms with Crippen LogP contribution in [0.3, 0.4) is 0 Å². The predicted octanol–water partition coefficient (Wildman–Crippen LogP) is 9.84. The molecule has 0 atom stereocenters. The maximum absolute atomic E-state index is 6.18. The Hall–Kier alpha value is -5.88. The molecular formula is C38H28N4O2. The quantitative estimate of drug-likeness (QED) is 0.189. The number of fused-ring (bicyclic) bond motifs is 1. The molecule has 7 rings (SSSR count). The third kappa shape index (κ3) is 4.72. The van der Waals surface area contributed by atoms with Crippen molar-refractivity contribution in [2.24, 2.45) is 0 Å². The van der Waals surface area contributed by atoms with E-state index in [1.54, 1.807) is 12.2 Å². The Balaban J connectivity index is 1.16. The third-order valence-electron chi connectivity index (χ3n) is 7.91. The van der Waals surface area contributed by atoms with Gasteiger partial charge in [0.1, 0.15) is 0 Å². The highest BCUT2D eigenvalue weighted by molar-refractivity contribution is 5.94. The van der Waals surface area contributed by atoms with Gasteiger partial charge in [-0.05, 0) is 82.3 Å². The van der Waals surface area contributed by atoms with Crippen LogP contribution >= 0.6 is 0 Å². The SMILES string of the molecule is C=Cc1cccc(-c2nnc(-c3ccc(-c4ccc(-c5nnc(-c6cccc7ccccc67)o5)c(C)c4)cc3C)o2)c1C=C. The molecule has 0 N–H and O–H groups in total. The molecule has 5 aromatic carbocycles. The molecule has 0 aliphatic carbocycles. The van der Waals surface area contributed by atoms with Crippen molar-refractivity contribution < 1.29 is 8.83 Å². The largest absolute Gasteiger partial charge is 0.416 e. The first-order valence-electron chi connectivity index (χ1n) is 14.3. The van der Waals surface area contributed by atoms with Crippen molar-refractivity contribution in [3.8, 4) is 56.9 Å². The molecule has 0 fully saturated rings. The first-order valence-corrected chi connectivity index (χ1v) is 14.3. The third-order valence-corrected chi connectivity index (χ3v) is 7.91. The molecule has 212 valence electrons. The lowest BCUT2D eigenvalue weighted by Gasteiger charge is -2.09. The number of aryl methyl sites for hydroxylation is 2. The minimum absolute atomic E-state index is 0.443. The lowest BCUT2D eigenvalue weighted by Crippen LogP contribution is -1.89. The molecule has 2 heterocycles. The fraction of sp³-hybridized carbons (Fsp3) is 0.0526. The molecule has 44 heavy (non-hydrogen) atoms. The van der Waals surface area contributed by atoms with E-state index in [0.717, 1.165) is 66.4 Å². The van der Waals surface area contributed by atoms with Crippen LogP contribution in [0.25, 0.3) is 79.9 Å². The van der Waals surface area contributed by atoms with Gasteiger partial charge >= 0.3 is 0 Å². The number of aromatic nitrogens is 4. The van der Waals surface area contributed by atoms with Crippen LogP contribution in [0.2, 0.25) is 0 Å². The average Bonchev–Trinajstić information content (AvgIpc) is 3.75. The fourth-order valence-electron chi connectivity index (χ4n) is 5.64. The van der Waals surface area contributed by atoms with Crippen LogP contribution < -0.4 is 0 Å². The highest BCUT2D eigenvalue weighted by Crippen LogP contribution is 2.35. The van der Waals surface area contributed by atoms with Gasteiger partial charge in [0.25, 0.3) is 0 Å². The Kier molecular flexibility index (Phi) is 6.79. The predicted molar refractivity (Wildman–Crippen MR) is 176 cm³/mol. The second-order valence-electron chi connectivity index (χ2n) is 10.6. The van der Waals surface area contributed by atoms with Gasteiger partial charge in [-0.15, -0.1) is 20.4 Å². The molecule has 0 aliphatic heterocycles. The van der Waals surface area contributed by atoms with Gasteiger partial charge in [0.05, 0.1) is 0 Å². The van der Waals surface area contributed by atoms with E-state index >= 15 is 0 Å². The number of rotatable bonds is 7. The molecule has 0 saturated carbocycles.